The number of benzene rings is 1. The van der Waals surface area contributed by atoms with Crippen molar-refractivity contribution < 1.29 is 4.42 Å². The Morgan fingerprint density at radius 3 is 2.91 bits per heavy atom. The molecule has 0 fully saturated rings. The maximum Gasteiger partial charge on any atom is 0.270 e. The van der Waals surface area contributed by atoms with Gasteiger partial charge in [0.05, 0.1) is 6.26 Å². The fourth-order valence-electron chi connectivity index (χ4n) is 2.17. The molecule has 1 N–H and O–H groups in total. The number of hydrogen-bond acceptors (Lipinski definition) is 5. The van der Waals surface area contributed by atoms with E-state index >= 15 is 0 Å². The van der Waals surface area contributed by atoms with Crippen molar-refractivity contribution in [3.63, 3.8) is 0 Å². The van der Waals surface area contributed by atoms with Gasteiger partial charge in [-0.3, -0.25) is 4.79 Å². The highest BCUT2D eigenvalue weighted by atomic mass is 32.2. The summed E-state index contributed by atoms with van der Waals surface area (Å²) >= 11 is 1.41. The van der Waals surface area contributed by atoms with Gasteiger partial charge in [-0.25, -0.2) is 4.98 Å². The van der Waals surface area contributed by atoms with Crippen LogP contribution in [0.1, 0.15) is 16.7 Å². The van der Waals surface area contributed by atoms with Gasteiger partial charge in [0.1, 0.15) is 17.3 Å². The maximum absolute atomic E-state index is 12.1. The van der Waals surface area contributed by atoms with Crippen molar-refractivity contribution in [2.45, 2.75) is 17.8 Å². The molecule has 0 radical (unpaired) electrons. The molecule has 3 rings (SSSR count). The number of nitrogens with one attached hydrogen (secondary N) is 1. The van der Waals surface area contributed by atoms with Gasteiger partial charge < -0.3 is 9.40 Å². The van der Waals surface area contributed by atoms with E-state index in [2.05, 4.69) is 16.0 Å². The summed E-state index contributed by atoms with van der Waals surface area (Å²) in [5, 5.41) is 9.63. The first-order valence-corrected chi connectivity index (χ1v) is 7.92. The third-order valence-electron chi connectivity index (χ3n) is 3.22. The topological polar surface area (TPSA) is 82.7 Å². The summed E-state index contributed by atoms with van der Waals surface area (Å²) in [6.45, 7) is 2.03. The first-order valence-electron chi connectivity index (χ1n) is 6.94. The largest absolute Gasteiger partial charge is 0.463 e. The normalized spacial score (nSPS) is 10.4. The second-order valence-electron chi connectivity index (χ2n) is 4.96. The molecule has 1 aromatic carbocycles. The van der Waals surface area contributed by atoms with Crippen molar-refractivity contribution in [2.24, 2.45) is 0 Å². The Morgan fingerprint density at radius 2 is 2.22 bits per heavy atom. The lowest BCUT2D eigenvalue weighted by molar-refractivity contribution is 0.578. The zero-order valence-corrected chi connectivity index (χ0v) is 13.2. The Balaban J connectivity index is 1.92. The van der Waals surface area contributed by atoms with Crippen molar-refractivity contribution in [3.8, 4) is 17.5 Å². The molecule has 0 spiro atoms. The minimum absolute atomic E-state index is 0.0418. The highest BCUT2D eigenvalue weighted by molar-refractivity contribution is 7.98. The van der Waals surface area contributed by atoms with Crippen LogP contribution in [0.4, 0.5) is 0 Å². The van der Waals surface area contributed by atoms with Crippen molar-refractivity contribution >= 4 is 11.8 Å². The molecule has 0 aliphatic carbocycles. The standard InChI is InChI=1S/C17H13N3O2S/c1-11-4-2-5-12(8-11)10-23-17-19-15(14-6-3-7-22-14)13(9-18)16(21)20-17/h2-8H,10H2,1H3,(H,19,20,21). The lowest BCUT2D eigenvalue weighted by Crippen LogP contribution is -2.14. The van der Waals surface area contributed by atoms with E-state index in [9.17, 15) is 4.79 Å². The highest BCUT2D eigenvalue weighted by Crippen LogP contribution is 2.24. The number of H-pyrrole nitrogens is 1. The first-order chi connectivity index (χ1) is 11.2. The van der Waals surface area contributed by atoms with E-state index < -0.39 is 5.56 Å². The van der Waals surface area contributed by atoms with E-state index in [4.69, 9.17) is 9.68 Å². The van der Waals surface area contributed by atoms with E-state index in [1.165, 1.54) is 23.6 Å². The van der Waals surface area contributed by atoms with Crippen LogP contribution in [0.15, 0.2) is 57.0 Å². The number of rotatable bonds is 4. The number of nitriles is 1. The van der Waals surface area contributed by atoms with E-state index in [-0.39, 0.29) is 11.3 Å². The molecule has 0 bridgehead atoms. The molecule has 0 saturated heterocycles. The summed E-state index contributed by atoms with van der Waals surface area (Å²) in [7, 11) is 0. The third kappa shape index (κ3) is 3.35. The molecule has 0 aliphatic heterocycles. The molecule has 6 heteroatoms. The van der Waals surface area contributed by atoms with Crippen LogP contribution in [0.25, 0.3) is 11.5 Å². The molecule has 114 valence electrons. The SMILES string of the molecule is Cc1cccc(CSc2nc(-c3ccco3)c(C#N)c(=O)[nH]2)c1. The molecule has 0 aliphatic rings. The first kappa shape index (κ1) is 15.1. The van der Waals surface area contributed by atoms with Crippen molar-refractivity contribution in [2.75, 3.05) is 0 Å². The summed E-state index contributed by atoms with van der Waals surface area (Å²) in [6.07, 6.45) is 1.49. The number of aromatic nitrogens is 2. The molecule has 23 heavy (non-hydrogen) atoms. The Hall–Kier alpha value is -2.78. The number of thioether (sulfide) groups is 1. The van der Waals surface area contributed by atoms with Gasteiger partial charge in [-0.2, -0.15) is 5.26 Å². The van der Waals surface area contributed by atoms with E-state index in [0.29, 0.717) is 16.7 Å². The quantitative estimate of drug-likeness (QED) is 0.587. The average Bonchev–Trinajstić information content (AvgIpc) is 3.07. The van der Waals surface area contributed by atoms with Gasteiger partial charge >= 0.3 is 0 Å². The van der Waals surface area contributed by atoms with Crippen LogP contribution in [0, 0.1) is 18.3 Å². The van der Waals surface area contributed by atoms with Gasteiger partial charge in [-0.05, 0) is 24.6 Å². The van der Waals surface area contributed by atoms with Crippen LogP contribution in [-0.4, -0.2) is 9.97 Å². The molecule has 0 unspecified atom stereocenters. The summed E-state index contributed by atoms with van der Waals surface area (Å²) < 4.78 is 5.27. The number of hydrogen-bond donors (Lipinski definition) is 1. The second kappa shape index (κ2) is 6.55. The molecule has 2 aromatic heterocycles. The molecule has 0 amide bonds. The van der Waals surface area contributed by atoms with Crippen molar-refractivity contribution in [1.82, 2.24) is 9.97 Å². The van der Waals surface area contributed by atoms with E-state index in [0.717, 1.165) is 5.56 Å². The van der Waals surface area contributed by atoms with E-state index in [1.54, 1.807) is 12.1 Å². The lowest BCUT2D eigenvalue weighted by atomic mass is 10.2. The summed E-state index contributed by atoms with van der Waals surface area (Å²) in [5.41, 5.74) is 2.09. The molecular weight excluding hydrogens is 310 g/mol. The van der Waals surface area contributed by atoms with Crippen LogP contribution < -0.4 is 5.56 Å². The number of aromatic amines is 1. The van der Waals surface area contributed by atoms with Gasteiger partial charge in [-0.1, -0.05) is 41.6 Å². The Bertz CT molecular complexity index is 924. The van der Waals surface area contributed by atoms with Gasteiger partial charge in [-0.15, -0.1) is 0 Å². The molecule has 2 heterocycles. The Labute approximate surface area is 137 Å². The molecular formula is C17H13N3O2S. The van der Waals surface area contributed by atoms with E-state index in [1.807, 2.05) is 31.2 Å². The molecule has 5 nitrogen and oxygen atoms in total. The maximum atomic E-state index is 12.1. The smallest absolute Gasteiger partial charge is 0.270 e. The lowest BCUT2D eigenvalue weighted by Gasteiger charge is -2.05. The second-order valence-corrected chi connectivity index (χ2v) is 5.93. The summed E-state index contributed by atoms with van der Waals surface area (Å²) in [4.78, 5) is 19.1. The zero-order valence-electron chi connectivity index (χ0n) is 12.4. The van der Waals surface area contributed by atoms with Crippen LogP contribution in [0.3, 0.4) is 0 Å². The monoisotopic (exact) mass is 323 g/mol. The van der Waals surface area contributed by atoms with Crippen LogP contribution in [0.2, 0.25) is 0 Å². The zero-order chi connectivity index (χ0) is 16.2. The van der Waals surface area contributed by atoms with Crippen LogP contribution in [-0.2, 0) is 5.75 Å². The minimum atomic E-state index is -0.458. The summed E-state index contributed by atoms with van der Waals surface area (Å²) in [6, 6.07) is 13.4. The molecule has 3 aromatic rings. The molecule has 0 saturated carbocycles. The predicted molar refractivity (Wildman–Crippen MR) is 88.0 cm³/mol. The van der Waals surface area contributed by atoms with Crippen LogP contribution >= 0.6 is 11.8 Å². The Morgan fingerprint density at radius 1 is 1.35 bits per heavy atom. The van der Waals surface area contributed by atoms with Gasteiger partial charge in [0.25, 0.3) is 5.56 Å². The van der Waals surface area contributed by atoms with Crippen molar-refractivity contribution in [1.29, 1.82) is 5.26 Å². The fraction of sp³-hybridized carbons (Fsp3) is 0.118. The highest BCUT2D eigenvalue weighted by Gasteiger charge is 2.15. The Kier molecular flexibility index (Phi) is 4.31. The van der Waals surface area contributed by atoms with Crippen LogP contribution in [0.5, 0.6) is 0 Å². The minimum Gasteiger partial charge on any atom is -0.463 e. The third-order valence-corrected chi connectivity index (χ3v) is 4.17. The number of aryl methyl sites for hydroxylation is 1. The fourth-order valence-corrected chi connectivity index (χ4v) is 2.97. The van der Waals surface area contributed by atoms with Gasteiger partial charge in [0.15, 0.2) is 10.9 Å². The molecule has 0 atom stereocenters. The van der Waals surface area contributed by atoms with Gasteiger partial charge in [0, 0.05) is 5.75 Å². The summed E-state index contributed by atoms with van der Waals surface area (Å²) in [5.74, 6) is 1.08. The van der Waals surface area contributed by atoms with Gasteiger partial charge in [0.2, 0.25) is 0 Å². The van der Waals surface area contributed by atoms with Crippen molar-refractivity contribution in [3.05, 3.63) is 69.7 Å². The predicted octanol–water partition coefficient (Wildman–Crippen LogP) is 3.50. The number of nitrogens with zero attached hydrogens (tertiary/aromatic N) is 2. The number of furan rings is 1. The average molecular weight is 323 g/mol.